The lowest BCUT2D eigenvalue weighted by molar-refractivity contribution is 0.0757. The Morgan fingerprint density at radius 1 is 1.30 bits per heavy atom. The molecule has 23 heavy (non-hydrogen) atoms. The molecule has 0 aromatic heterocycles. The number of hydrogen-bond acceptors (Lipinski definition) is 5. The highest BCUT2D eigenvalue weighted by atomic mass is 16.5. The van der Waals surface area contributed by atoms with Crippen LogP contribution in [0.25, 0.3) is 0 Å². The maximum atomic E-state index is 12.6. The molecule has 0 bridgehead atoms. The van der Waals surface area contributed by atoms with Crippen molar-refractivity contribution in [1.82, 2.24) is 5.32 Å². The van der Waals surface area contributed by atoms with Gasteiger partial charge in [0.25, 0.3) is 0 Å². The number of carbonyl (C=O) groups is 1. The number of ether oxygens (including phenoxy) is 2. The van der Waals surface area contributed by atoms with Crippen molar-refractivity contribution in [1.29, 1.82) is 0 Å². The summed E-state index contributed by atoms with van der Waals surface area (Å²) in [5, 5.41) is 3.30. The summed E-state index contributed by atoms with van der Waals surface area (Å²) in [5.74, 6) is 0.683. The van der Waals surface area contributed by atoms with Gasteiger partial charge in [-0.15, -0.1) is 0 Å². The van der Waals surface area contributed by atoms with E-state index < -0.39 is 0 Å². The van der Waals surface area contributed by atoms with Gasteiger partial charge in [-0.2, -0.15) is 0 Å². The summed E-state index contributed by atoms with van der Waals surface area (Å²) in [6, 6.07) is 5.02. The number of hydrogen-bond donors (Lipinski definition) is 2. The molecule has 1 unspecified atom stereocenters. The first-order valence-corrected chi connectivity index (χ1v) is 8.41. The van der Waals surface area contributed by atoms with Gasteiger partial charge >= 0.3 is 0 Å². The van der Waals surface area contributed by atoms with Crippen LogP contribution in [0.4, 0.5) is 5.69 Å². The number of nitrogens with two attached hydrogens (primary N) is 1. The van der Waals surface area contributed by atoms with E-state index in [4.69, 9.17) is 15.2 Å². The molecule has 5 heteroatoms. The number of ketones is 1. The van der Waals surface area contributed by atoms with Gasteiger partial charge in [0.05, 0.1) is 24.4 Å². The highest BCUT2D eigenvalue weighted by Gasteiger charge is 2.18. The predicted octanol–water partition coefficient (Wildman–Crippen LogP) is 3.03. The van der Waals surface area contributed by atoms with Crippen LogP contribution >= 0.6 is 0 Å². The van der Waals surface area contributed by atoms with Crippen LogP contribution in [0.5, 0.6) is 5.75 Å². The van der Waals surface area contributed by atoms with Gasteiger partial charge in [-0.3, -0.25) is 4.79 Å². The molecular weight excluding hydrogens is 292 g/mol. The zero-order valence-electron chi connectivity index (χ0n) is 14.7. The molecule has 0 fully saturated rings. The zero-order chi connectivity index (χ0) is 17.2. The van der Waals surface area contributed by atoms with Crippen LogP contribution in [0.15, 0.2) is 18.2 Å². The molecular formula is C18H30N2O3. The summed E-state index contributed by atoms with van der Waals surface area (Å²) in [7, 11) is 0. The monoisotopic (exact) mass is 322 g/mol. The minimum absolute atomic E-state index is 0.0621. The van der Waals surface area contributed by atoms with E-state index in [0.717, 1.165) is 19.4 Å². The Morgan fingerprint density at radius 2 is 2.04 bits per heavy atom. The number of anilines is 1. The van der Waals surface area contributed by atoms with E-state index in [1.807, 2.05) is 27.7 Å². The molecule has 5 nitrogen and oxygen atoms in total. The lowest BCUT2D eigenvalue weighted by Gasteiger charge is -2.17. The quantitative estimate of drug-likeness (QED) is 0.372. The van der Waals surface area contributed by atoms with Crippen LogP contribution in [0.2, 0.25) is 0 Å². The number of carbonyl (C=O) groups excluding carboxylic acids is 1. The molecule has 0 saturated carbocycles. The molecule has 1 aromatic carbocycles. The summed E-state index contributed by atoms with van der Waals surface area (Å²) < 4.78 is 10.9. The Labute approximate surface area is 139 Å². The fraction of sp³-hybridized carbons (Fsp3) is 0.611. The van der Waals surface area contributed by atoms with Crippen LogP contribution in [0, 0.1) is 0 Å². The van der Waals surface area contributed by atoms with Gasteiger partial charge in [-0.05, 0) is 58.4 Å². The van der Waals surface area contributed by atoms with Gasteiger partial charge in [0.1, 0.15) is 5.75 Å². The van der Waals surface area contributed by atoms with Crippen molar-refractivity contribution in [3.05, 3.63) is 23.8 Å². The Balaban J connectivity index is 2.57. The number of nitrogens with one attached hydrogen (secondary N) is 1. The van der Waals surface area contributed by atoms with Crippen LogP contribution in [0.3, 0.4) is 0 Å². The Bertz CT molecular complexity index is 489. The number of rotatable bonds is 11. The molecule has 0 aliphatic rings. The van der Waals surface area contributed by atoms with Crippen LogP contribution in [-0.4, -0.2) is 37.7 Å². The maximum Gasteiger partial charge on any atom is 0.179 e. The third kappa shape index (κ3) is 6.59. The first-order valence-electron chi connectivity index (χ1n) is 8.41. The smallest absolute Gasteiger partial charge is 0.179 e. The van der Waals surface area contributed by atoms with Gasteiger partial charge < -0.3 is 20.5 Å². The topological polar surface area (TPSA) is 73.6 Å². The fourth-order valence-electron chi connectivity index (χ4n) is 2.28. The molecule has 3 N–H and O–H groups in total. The minimum atomic E-state index is -0.202. The van der Waals surface area contributed by atoms with Crippen molar-refractivity contribution in [2.75, 3.05) is 25.5 Å². The summed E-state index contributed by atoms with van der Waals surface area (Å²) in [5.41, 5.74) is 7.05. The molecule has 0 aliphatic carbocycles. The average molecular weight is 322 g/mol. The van der Waals surface area contributed by atoms with E-state index in [0.29, 0.717) is 30.2 Å². The molecule has 0 aliphatic heterocycles. The van der Waals surface area contributed by atoms with E-state index >= 15 is 0 Å². The summed E-state index contributed by atoms with van der Waals surface area (Å²) in [6.45, 7) is 9.94. The fourth-order valence-corrected chi connectivity index (χ4v) is 2.28. The number of nitrogen functional groups attached to an aromatic ring is 1. The van der Waals surface area contributed by atoms with Crippen molar-refractivity contribution in [3.63, 3.8) is 0 Å². The van der Waals surface area contributed by atoms with E-state index in [1.54, 1.807) is 18.2 Å². The largest absolute Gasteiger partial charge is 0.492 e. The molecule has 0 saturated heterocycles. The SMILES string of the molecule is CCOc1ccc(C(=O)C(CC)NCCCOC(C)C)cc1N. The van der Waals surface area contributed by atoms with E-state index in [9.17, 15) is 4.79 Å². The predicted molar refractivity (Wildman–Crippen MR) is 94.1 cm³/mol. The first kappa shape index (κ1) is 19.5. The molecule has 0 amide bonds. The van der Waals surface area contributed by atoms with Crippen LogP contribution < -0.4 is 15.8 Å². The van der Waals surface area contributed by atoms with Crippen LogP contribution in [0.1, 0.15) is 50.9 Å². The van der Waals surface area contributed by atoms with E-state index in [-0.39, 0.29) is 17.9 Å². The normalized spacial score (nSPS) is 12.4. The van der Waals surface area contributed by atoms with E-state index in [2.05, 4.69) is 5.32 Å². The maximum absolute atomic E-state index is 12.6. The molecule has 0 heterocycles. The second-order valence-electron chi connectivity index (χ2n) is 5.74. The lowest BCUT2D eigenvalue weighted by Crippen LogP contribution is -2.37. The van der Waals surface area contributed by atoms with Crippen molar-refractivity contribution in [2.45, 2.75) is 52.7 Å². The molecule has 1 rings (SSSR count). The zero-order valence-corrected chi connectivity index (χ0v) is 14.7. The molecule has 130 valence electrons. The van der Waals surface area contributed by atoms with Crippen molar-refractivity contribution >= 4 is 11.5 Å². The summed E-state index contributed by atoms with van der Waals surface area (Å²) in [6.07, 6.45) is 1.86. The second-order valence-corrected chi connectivity index (χ2v) is 5.74. The Morgan fingerprint density at radius 3 is 2.61 bits per heavy atom. The second kappa shape index (κ2) is 10.2. The molecule has 0 radical (unpaired) electrons. The van der Waals surface area contributed by atoms with Crippen molar-refractivity contribution < 1.29 is 14.3 Å². The van der Waals surface area contributed by atoms with Gasteiger partial charge in [0, 0.05) is 12.2 Å². The summed E-state index contributed by atoms with van der Waals surface area (Å²) >= 11 is 0. The number of benzene rings is 1. The van der Waals surface area contributed by atoms with E-state index in [1.165, 1.54) is 0 Å². The van der Waals surface area contributed by atoms with Crippen LogP contribution in [-0.2, 0) is 4.74 Å². The van der Waals surface area contributed by atoms with Crippen molar-refractivity contribution in [2.24, 2.45) is 0 Å². The minimum Gasteiger partial charge on any atom is -0.492 e. The van der Waals surface area contributed by atoms with Crippen molar-refractivity contribution in [3.8, 4) is 5.75 Å². The van der Waals surface area contributed by atoms with Gasteiger partial charge in [0.15, 0.2) is 5.78 Å². The lowest BCUT2D eigenvalue weighted by atomic mass is 10.0. The average Bonchev–Trinajstić information content (AvgIpc) is 2.52. The Hall–Kier alpha value is -1.59. The third-order valence-corrected chi connectivity index (χ3v) is 3.48. The first-order chi connectivity index (χ1) is 11.0. The summed E-state index contributed by atoms with van der Waals surface area (Å²) in [4.78, 5) is 12.6. The molecule has 1 atom stereocenters. The van der Waals surface area contributed by atoms with Gasteiger partial charge in [-0.25, -0.2) is 0 Å². The highest BCUT2D eigenvalue weighted by molar-refractivity contribution is 6.01. The Kier molecular flexibility index (Phi) is 8.66. The number of Topliss-reactive ketones (excluding diaryl/α,β-unsaturated/α-hetero) is 1. The van der Waals surface area contributed by atoms with Gasteiger partial charge in [-0.1, -0.05) is 6.92 Å². The standard InChI is InChI=1S/C18H30N2O3/c1-5-16(20-10-7-11-23-13(3)4)18(21)14-8-9-17(22-6-2)15(19)12-14/h8-9,12-13,16,20H,5-7,10-11,19H2,1-4H3. The highest BCUT2D eigenvalue weighted by Crippen LogP contribution is 2.23. The molecule has 0 spiro atoms. The molecule has 1 aromatic rings. The third-order valence-electron chi connectivity index (χ3n) is 3.48. The van der Waals surface area contributed by atoms with Gasteiger partial charge in [0.2, 0.25) is 0 Å².